The number of rotatable bonds is 7. The molecular weight excluding hydrogens is 480 g/mol. The van der Waals surface area contributed by atoms with E-state index >= 15 is 0 Å². The Morgan fingerprint density at radius 1 is 0.949 bits per heavy atom. The molecule has 3 saturated carbocycles. The molecule has 39 heavy (non-hydrogen) atoms. The van der Waals surface area contributed by atoms with Crippen LogP contribution >= 0.6 is 0 Å². The summed E-state index contributed by atoms with van der Waals surface area (Å²) in [7, 11) is 0. The van der Waals surface area contributed by atoms with Gasteiger partial charge in [0.05, 0.1) is 11.0 Å². The maximum atomic E-state index is 14.4. The first kappa shape index (κ1) is 28.6. The maximum Gasteiger partial charge on any atom is 0.338 e. The van der Waals surface area contributed by atoms with Crippen molar-refractivity contribution in [3.05, 3.63) is 47.0 Å². The first-order chi connectivity index (χ1) is 18.4. The summed E-state index contributed by atoms with van der Waals surface area (Å²) in [6, 6.07) is 9.34. The molecule has 4 aliphatic carbocycles. The zero-order valence-electron chi connectivity index (χ0n) is 25.6. The molecule has 1 aromatic rings. The summed E-state index contributed by atoms with van der Waals surface area (Å²) in [4.78, 5) is 27.2. The van der Waals surface area contributed by atoms with E-state index in [4.69, 9.17) is 4.74 Å². The van der Waals surface area contributed by atoms with Crippen LogP contribution in [0.25, 0.3) is 0 Å². The molecule has 1 aromatic carbocycles. The minimum atomic E-state index is -0.372. The van der Waals surface area contributed by atoms with E-state index in [1.807, 2.05) is 30.3 Å². The molecule has 0 spiro atoms. The van der Waals surface area contributed by atoms with Crippen LogP contribution in [-0.2, 0) is 9.53 Å². The lowest BCUT2D eigenvalue weighted by Gasteiger charge is -2.61. The molecule has 5 rings (SSSR count). The van der Waals surface area contributed by atoms with Gasteiger partial charge < -0.3 is 4.74 Å². The van der Waals surface area contributed by atoms with Crippen LogP contribution in [-0.4, -0.2) is 17.9 Å². The standard InChI is InChI=1S/C36H52O3/c1-23(2)24(3)13-14-25(4)29-17-18-30-31-16-15-27-21-28(39-33(38)26-11-9-8-10-12-26)19-20-35(27,6)36(31,7)32(37)22-34(29,30)5/h8-12,23-25,27-29H,13-22H2,1-7H3/t24-,25+,27-,28+,29-,34-,35-,36+/m0/s1. The summed E-state index contributed by atoms with van der Waals surface area (Å²) in [5, 5.41) is 0. The fourth-order valence-electron chi connectivity index (χ4n) is 9.55. The highest BCUT2D eigenvalue weighted by atomic mass is 16.5. The summed E-state index contributed by atoms with van der Waals surface area (Å²) in [5.74, 6) is 3.46. The minimum Gasteiger partial charge on any atom is -0.459 e. The average Bonchev–Trinajstić information content (AvgIpc) is 3.25. The Balaban J connectivity index is 1.35. The lowest BCUT2D eigenvalue weighted by atomic mass is 9.42. The quantitative estimate of drug-likeness (QED) is 0.260. The molecule has 3 fully saturated rings. The van der Waals surface area contributed by atoms with Crippen molar-refractivity contribution in [2.75, 3.05) is 0 Å². The second-order valence-electron chi connectivity index (χ2n) is 14.8. The Bertz CT molecular complexity index is 1120. The molecule has 0 amide bonds. The van der Waals surface area contributed by atoms with E-state index in [1.165, 1.54) is 31.3 Å². The average molecular weight is 533 g/mol. The number of fused-ring (bicyclic) bond motifs is 4. The van der Waals surface area contributed by atoms with E-state index < -0.39 is 0 Å². The molecule has 0 aromatic heterocycles. The SMILES string of the molecule is CC(C)[C@@H](C)CC[C@@H](C)[C@@H]1CCC2=C3CC[C@H]4C[C@H](OC(=O)c5ccccc5)CC[C@]4(C)[C@@]3(C)C(=O)C[C@]21C. The van der Waals surface area contributed by atoms with Crippen LogP contribution in [0.1, 0.15) is 123 Å². The van der Waals surface area contributed by atoms with Crippen molar-refractivity contribution in [1.29, 1.82) is 0 Å². The van der Waals surface area contributed by atoms with Crippen molar-refractivity contribution in [2.24, 2.45) is 45.8 Å². The van der Waals surface area contributed by atoms with Gasteiger partial charge in [0.2, 0.25) is 0 Å². The molecule has 0 bridgehead atoms. The van der Waals surface area contributed by atoms with Crippen LogP contribution in [0.15, 0.2) is 41.5 Å². The summed E-state index contributed by atoms with van der Waals surface area (Å²) in [6.45, 7) is 16.7. The van der Waals surface area contributed by atoms with Crippen molar-refractivity contribution in [2.45, 2.75) is 119 Å². The Hall–Kier alpha value is -1.90. The Kier molecular flexibility index (Phi) is 7.70. The van der Waals surface area contributed by atoms with Crippen molar-refractivity contribution < 1.29 is 14.3 Å². The van der Waals surface area contributed by atoms with Gasteiger partial charge in [0.1, 0.15) is 11.9 Å². The van der Waals surface area contributed by atoms with Gasteiger partial charge in [-0.25, -0.2) is 4.79 Å². The molecule has 0 aliphatic heterocycles. The van der Waals surface area contributed by atoms with Gasteiger partial charge in [-0.05, 0) is 104 Å². The van der Waals surface area contributed by atoms with Crippen LogP contribution in [0.3, 0.4) is 0 Å². The Morgan fingerprint density at radius 2 is 1.64 bits per heavy atom. The number of Topliss-reactive ketones (excluding diaryl/α,β-unsaturated/α-hetero) is 1. The normalized spacial score (nSPS) is 37.6. The molecule has 0 heterocycles. The summed E-state index contributed by atoms with van der Waals surface area (Å²) >= 11 is 0. The molecule has 3 heteroatoms. The number of hydrogen-bond donors (Lipinski definition) is 0. The summed E-state index contributed by atoms with van der Waals surface area (Å²) in [6.07, 6.45) is 10.5. The van der Waals surface area contributed by atoms with Gasteiger partial charge in [-0.15, -0.1) is 0 Å². The van der Waals surface area contributed by atoms with Crippen LogP contribution in [0.4, 0.5) is 0 Å². The molecule has 0 saturated heterocycles. The molecule has 0 N–H and O–H groups in total. The topological polar surface area (TPSA) is 43.4 Å². The predicted octanol–water partition coefficient (Wildman–Crippen LogP) is 9.21. The third-order valence-electron chi connectivity index (χ3n) is 12.8. The van der Waals surface area contributed by atoms with Crippen molar-refractivity contribution >= 4 is 11.8 Å². The number of allylic oxidation sites excluding steroid dienone is 2. The fraction of sp³-hybridized carbons (Fsp3) is 0.722. The van der Waals surface area contributed by atoms with E-state index in [9.17, 15) is 9.59 Å². The molecule has 214 valence electrons. The van der Waals surface area contributed by atoms with Gasteiger partial charge in [0, 0.05) is 6.42 Å². The number of benzene rings is 1. The largest absolute Gasteiger partial charge is 0.459 e. The Labute approximate surface area is 237 Å². The van der Waals surface area contributed by atoms with Crippen LogP contribution < -0.4 is 0 Å². The lowest BCUT2D eigenvalue weighted by Crippen LogP contribution is -2.58. The maximum absolute atomic E-state index is 14.4. The summed E-state index contributed by atoms with van der Waals surface area (Å²) < 4.78 is 6.01. The first-order valence-corrected chi connectivity index (χ1v) is 15.9. The number of carbonyl (C=O) groups is 2. The highest BCUT2D eigenvalue weighted by Gasteiger charge is 2.64. The minimum absolute atomic E-state index is 0.0397. The van der Waals surface area contributed by atoms with Crippen molar-refractivity contribution in [3.63, 3.8) is 0 Å². The van der Waals surface area contributed by atoms with Gasteiger partial charge >= 0.3 is 5.97 Å². The first-order valence-electron chi connectivity index (χ1n) is 15.9. The Morgan fingerprint density at radius 3 is 2.33 bits per heavy atom. The number of carbonyl (C=O) groups excluding carboxylic acids is 2. The number of ether oxygens (including phenoxy) is 1. The van der Waals surface area contributed by atoms with E-state index in [0.29, 0.717) is 35.5 Å². The molecule has 0 radical (unpaired) electrons. The van der Waals surface area contributed by atoms with Crippen LogP contribution in [0.2, 0.25) is 0 Å². The van der Waals surface area contributed by atoms with Crippen LogP contribution in [0.5, 0.6) is 0 Å². The van der Waals surface area contributed by atoms with E-state index in [-0.39, 0.29) is 28.3 Å². The van der Waals surface area contributed by atoms with Gasteiger partial charge in [0.15, 0.2) is 0 Å². The molecule has 4 aliphatic rings. The van der Waals surface area contributed by atoms with Gasteiger partial charge in [-0.3, -0.25) is 4.79 Å². The number of hydrogen-bond acceptors (Lipinski definition) is 3. The monoisotopic (exact) mass is 532 g/mol. The molecular formula is C36H52O3. The third-order valence-corrected chi connectivity index (χ3v) is 12.8. The second kappa shape index (κ2) is 10.5. The van der Waals surface area contributed by atoms with Crippen molar-refractivity contribution in [1.82, 2.24) is 0 Å². The molecule has 3 nitrogen and oxygen atoms in total. The zero-order chi connectivity index (χ0) is 28.2. The van der Waals surface area contributed by atoms with Crippen molar-refractivity contribution in [3.8, 4) is 0 Å². The van der Waals surface area contributed by atoms with Gasteiger partial charge in [-0.2, -0.15) is 0 Å². The van der Waals surface area contributed by atoms with E-state index in [0.717, 1.165) is 43.9 Å². The number of ketones is 1. The second-order valence-corrected chi connectivity index (χ2v) is 14.8. The number of esters is 1. The van der Waals surface area contributed by atoms with Gasteiger partial charge in [0.25, 0.3) is 0 Å². The lowest BCUT2D eigenvalue weighted by molar-refractivity contribution is -0.148. The van der Waals surface area contributed by atoms with E-state index in [2.05, 4.69) is 48.5 Å². The fourth-order valence-corrected chi connectivity index (χ4v) is 9.55. The molecule has 8 atom stereocenters. The zero-order valence-corrected chi connectivity index (χ0v) is 25.6. The summed E-state index contributed by atoms with van der Waals surface area (Å²) in [5.41, 5.74) is 3.42. The smallest absolute Gasteiger partial charge is 0.338 e. The highest BCUT2D eigenvalue weighted by molar-refractivity contribution is 5.92. The van der Waals surface area contributed by atoms with Gasteiger partial charge in [-0.1, -0.05) is 83.7 Å². The third kappa shape index (κ3) is 4.64. The predicted molar refractivity (Wildman–Crippen MR) is 158 cm³/mol. The highest BCUT2D eigenvalue weighted by Crippen LogP contribution is 2.69. The molecule has 0 unspecified atom stereocenters. The van der Waals surface area contributed by atoms with Crippen LogP contribution in [0, 0.1) is 45.8 Å². The van der Waals surface area contributed by atoms with E-state index in [1.54, 1.807) is 5.57 Å².